The maximum atomic E-state index is 15.1. The second-order valence-corrected chi connectivity index (χ2v) is 28.0. The molecule has 0 fully saturated rings. The fraction of sp³-hybridized carbons (Fsp3) is 0.449. The number of aromatic amines is 3. The lowest BCUT2D eigenvalue weighted by Gasteiger charge is -2.28. The second-order valence-electron chi connectivity index (χ2n) is 28.0. The van der Waals surface area contributed by atoms with Crippen LogP contribution in [0.1, 0.15) is 121 Å². The molecule has 0 radical (unpaired) electrons. The number of phenols is 1. The van der Waals surface area contributed by atoms with Crippen molar-refractivity contribution in [2.24, 2.45) is 40.5 Å². The Kier molecular flexibility index (Phi) is 33.9. The fourth-order valence-electron chi connectivity index (χ4n) is 12.7. The van der Waals surface area contributed by atoms with Gasteiger partial charge in [0.2, 0.25) is 76.8 Å². The number of para-hydroxylation sites is 3. The van der Waals surface area contributed by atoms with Crippen LogP contribution in [-0.2, 0) is 88.0 Å². The minimum Gasteiger partial charge on any atom is -0.508 e. The third-order valence-electron chi connectivity index (χ3n) is 19.5. The molecule has 3 aromatic heterocycles. The molecule has 0 saturated carbocycles. The molecule has 598 valence electrons. The van der Waals surface area contributed by atoms with Crippen molar-refractivity contribution < 1.29 is 67.4 Å². The number of hydrogen-bond acceptors (Lipinski definition) is 17. The standard InChI is InChI=1S/C78H107N19O14/c1-5-44(3)25-30-67(101)90-64(38-65(82)99)76(109)93-60(34-46-26-28-50(98)29-27-46)73(106)95-61(35-47-39-84-54-19-10-7-16-51(47)54)74(107)92-59(24-15-33-81)72(105)91-57(22-13-31-79)70(103)88-43-68(102)89-58(23-14-32-80)71(104)94-62(36-48-40-85-55-20-11-8-17-52(48)55)75(108)96-63(37-49-41-86-56-21-12-9-18-53(49)56)77(110)97-69(45(4)6-2)78(111)87-42-66(83)100/h7-12,16-21,26-29,39-41,44-45,57-64,69,84-86,98H,5-6,13-15,22-25,30-38,42-43,79-81H2,1-4H3,(H2,82,99)(H2,83,100)(H,87,111)(H,88,103)(H,89,102)(H,90,101)(H,91,105)(H,92,107)(H,93,109)(H,94,104)(H,95,106)(H,96,108)(H,97,110)/t44?,45-,57-,58+,59+,60+,61+,62-,63-,64+,69-/m0/s1. The molecule has 25 N–H and O–H groups in total. The van der Waals surface area contributed by atoms with Crippen LogP contribution in [0.3, 0.4) is 0 Å². The van der Waals surface area contributed by atoms with Gasteiger partial charge < -0.3 is 107 Å². The topological polar surface area (TPSA) is 552 Å². The van der Waals surface area contributed by atoms with Gasteiger partial charge >= 0.3 is 0 Å². The van der Waals surface area contributed by atoms with Crippen molar-refractivity contribution in [3.05, 3.63) is 138 Å². The first-order chi connectivity index (χ1) is 53.2. The highest BCUT2D eigenvalue weighted by atomic mass is 16.3. The molecule has 13 amide bonds. The van der Waals surface area contributed by atoms with Gasteiger partial charge in [0.1, 0.15) is 60.1 Å². The molecule has 1 unspecified atom stereocenters. The summed E-state index contributed by atoms with van der Waals surface area (Å²) >= 11 is 0. The molecule has 0 bridgehead atoms. The van der Waals surface area contributed by atoms with Crippen molar-refractivity contribution >= 4 is 110 Å². The average Bonchev–Trinajstić information content (AvgIpc) is 1.78. The highest BCUT2D eigenvalue weighted by molar-refractivity contribution is 6.00. The number of carbonyl (C=O) groups is 13. The summed E-state index contributed by atoms with van der Waals surface area (Å²) in [7, 11) is 0. The number of benzene rings is 4. The molecule has 0 aliphatic heterocycles. The van der Waals surface area contributed by atoms with E-state index in [0.29, 0.717) is 51.4 Å². The van der Waals surface area contributed by atoms with Gasteiger partial charge in [0.15, 0.2) is 0 Å². The molecule has 11 atom stereocenters. The number of aromatic nitrogens is 3. The molecule has 4 aromatic carbocycles. The Balaban J connectivity index is 1.09. The van der Waals surface area contributed by atoms with Gasteiger partial charge in [-0.2, -0.15) is 0 Å². The third-order valence-corrected chi connectivity index (χ3v) is 19.5. The molecule has 0 aliphatic rings. The van der Waals surface area contributed by atoms with E-state index in [1.54, 1.807) is 55.8 Å². The monoisotopic (exact) mass is 1530 g/mol. The predicted molar refractivity (Wildman–Crippen MR) is 417 cm³/mol. The number of H-pyrrole nitrogens is 3. The first-order valence-corrected chi connectivity index (χ1v) is 37.6. The van der Waals surface area contributed by atoms with Crippen LogP contribution in [0.4, 0.5) is 0 Å². The van der Waals surface area contributed by atoms with E-state index in [0.717, 1.165) is 22.8 Å². The first-order valence-electron chi connectivity index (χ1n) is 37.6. The van der Waals surface area contributed by atoms with Gasteiger partial charge in [0.25, 0.3) is 0 Å². The van der Waals surface area contributed by atoms with Crippen LogP contribution in [0.2, 0.25) is 0 Å². The van der Waals surface area contributed by atoms with Crippen molar-refractivity contribution in [3.8, 4) is 5.75 Å². The molecular weight excluding hydrogens is 1430 g/mol. The summed E-state index contributed by atoms with van der Waals surface area (Å²) in [5.41, 5.74) is 33.2. The number of hydrogen-bond donors (Lipinski definition) is 20. The quantitative estimate of drug-likeness (QED) is 0.0241. The minimum atomic E-state index is -1.50. The van der Waals surface area contributed by atoms with Gasteiger partial charge in [0.05, 0.1) is 19.5 Å². The number of primary amides is 2. The number of nitrogens with one attached hydrogen (secondary N) is 14. The van der Waals surface area contributed by atoms with Gasteiger partial charge in [-0.05, 0) is 129 Å². The smallest absolute Gasteiger partial charge is 0.243 e. The highest BCUT2D eigenvalue weighted by Gasteiger charge is 2.37. The molecule has 0 saturated heterocycles. The Morgan fingerprint density at radius 1 is 0.387 bits per heavy atom. The third kappa shape index (κ3) is 26.5. The lowest BCUT2D eigenvalue weighted by molar-refractivity contribution is -0.136. The predicted octanol–water partition coefficient (Wildman–Crippen LogP) is 0.152. The average molecular weight is 1530 g/mol. The van der Waals surface area contributed by atoms with Crippen molar-refractivity contribution in [3.63, 3.8) is 0 Å². The summed E-state index contributed by atoms with van der Waals surface area (Å²) in [5.74, 6) is -11.1. The lowest BCUT2D eigenvalue weighted by Crippen LogP contribution is -2.60. The van der Waals surface area contributed by atoms with Gasteiger partial charge in [-0.25, -0.2) is 0 Å². The number of nitrogens with two attached hydrogens (primary N) is 5. The van der Waals surface area contributed by atoms with E-state index in [1.807, 2.05) is 63.2 Å². The van der Waals surface area contributed by atoms with E-state index in [2.05, 4.69) is 73.4 Å². The van der Waals surface area contributed by atoms with Crippen molar-refractivity contribution in [1.82, 2.24) is 73.4 Å². The second kappa shape index (κ2) is 43.5. The van der Waals surface area contributed by atoms with E-state index in [4.69, 9.17) is 28.7 Å². The number of aromatic hydroxyl groups is 1. The van der Waals surface area contributed by atoms with Gasteiger partial charge in [0, 0.05) is 83.4 Å². The number of fused-ring (bicyclic) bond motifs is 3. The van der Waals surface area contributed by atoms with Crippen LogP contribution in [0.5, 0.6) is 5.75 Å². The molecule has 33 heteroatoms. The highest BCUT2D eigenvalue weighted by Crippen LogP contribution is 2.24. The molecular formula is C78H107N19O14. The Bertz CT molecular complexity index is 4350. The Morgan fingerprint density at radius 3 is 1.17 bits per heavy atom. The summed E-state index contributed by atoms with van der Waals surface area (Å²) in [4.78, 5) is 192. The summed E-state index contributed by atoms with van der Waals surface area (Å²) in [6.07, 6.45) is 5.78. The Labute approximate surface area is 642 Å². The zero-order valence-corrected chi connectivity index (χ0v) is 63.1. The summed E-state index contributed by atoms with van der Waals surface area (Å²) in [6, 6.07) is 14.8. The summed E-state index contributed by atoms with van der Waals surface area (Å²) < 4.78 is 0. The summed E-state index contributed by atoms with van der Waals surface area (Å²) in [5, 5.41) is 41.8. The normalized spacial score (nSPS) is 14.3. The summed E-state index contributed by atoms with van der Waals surface area (Å²) in [6.45, 7) is 6.40. The van der Waals surface area contributed by atoms with Crippen LogP contribution in [0, 0.1) is 11.8 Å². The zero-order chi connectivity index (χ0) is 80.7. The molecule has 33 nitrogen and oxygen atoms in total. The fourth-order valence-corrected chi connectivity index (χ4v) is 12.7. The molecule has 7 aromatic rings. The van der Waals surface area contributed by atoms with Crippen LogP contribution in [0.15, 0.2) is 116 Å². The Hall–Kier alpha value is -11.7. The number of carbonyl (C=O) groups excluding carboxylic acids is 13. The maximum Gasteiger partial charge on any atom is 0.243 e. The van der Waals surface area contributed by atoms with E-state index >= 15 is 4.79 Å². The number of phenolic OH excluding ortho intramolecular Hbond substituents is 1. The first kappa shape index (κ1) is 86.5. The van der Waals surface area contributed by atoms with Gasteiger partial charge in [-0.15, -0.1) is 0 Å². The molecule has 0 spiro atoms. The van der Waals surface area contributed by atoms with E-state index < -0.39 is 157 Å². The SMILES string of the molecule is CCC(C)CCC(=O)N[C@H](CC(N)=O)C(=O)N[C@H](Cc1ccc(O)cc1)C(=O)N[C@H](Cc1c[nH]c2ccccc12)C(=O)N[C@H](CCCN)C(=O)N[C@@H](CCCN)C(=O)NCC(=O)N[C@H](CCCN)C(=O)N[C@@H](Cc1c[nH]c2ccccc12)C(=O)N[C@@H](Cc1c[nH]c2ccccc12)C(=O)N[C@H](C(=O)NCC(N)=O)[C@@H](C)CC. The maximum absolute atomic E-state index is 15.1. The number of rotatable bonds is 47. The Morgan fingerprint density at radius 2 is 0.757 bits per heavy atom. The van der Waals surface area contributed by atoms with Crippen molar-refractivity contribution in [2.45, 2.75) is 178 Å². The van der Waals surface area contributed by atoms with E-state index in [1.165, 1.54) is 24.3 Å². The van der Waals surface area contributed by atoms with E-state index in [9.17, 15) is 62.6 Å². The van der Waals surface area contributed by atoms with E-state index in [-0.39, 0.29) is 102 Å². The minimum absolute atomic E-state index is 0.0349. The molecule has 111 heavy (non-hydrogen) atoms. The van der Waals surface area contributed by atoms with Crippen LogP contribution < -0.4 is 87.2 Å². The largest absolute Gasteiger partial charge is 0.508 e. The molecule has 0 aliphatic carbocycles. The van der Waals surface area contributed by atoms with Crippen molar-refractivity contribution in [2.75, 3.05) is 32.7 Å². The van der Waals surface area contributed by atoms with Crippen LogP contribution in [-0.4, -0.2) is 184 Å². The van der Waals surface area contributed by atoms with Gasteiger partial charge in [-0.3, -0.25) is 62.3 Å². The zero-order valence-electron chi connectivity index (χ0n) is 63.1. The molecule has 7 rings (SSSR count). The lowest BCUT2D eigenvalue weighted by atomic mass is 9.96. The van der Waals surface area contributed by atoms with Crippen molar-refractivity contribution in [1.29, 1.82) is 0 Å². The number of amides is 13. The van der Waals surface area contributed by atoms with Crippen LogP contribution >= 0.6 is 0 Å². The van der Waals surface area contributed by atoms with Gasteiger partial charge in [-0.1, -0.05) is 107 Å². The molecule has 3 heterocycles. The van der Waals surface area contributed by atoms with Crippen LogP contribution in [0.25, 0.3) is 32.7 Å².